The lowest BCUT2D eigenvalue weighted by Crippen LogP contribution is -2.09. The van der Waals surface area contributed by atoms with Crippen LogP contribution in [-0.2, 0) is 0 Å². The van der Waals surface area contributed by atoms with E-state index in [4.69, 9.17) is 9.47 Å². The molecule has 6 heteroatoms. The zero-order valence-corrected chi connectivity index (χ0v) is 15.1. The summed E-state index contributed by atoms with van der Waals surface area (Å²) in [5.74, 6) is 0.484. The van der Waals surface area contributed by atoms with Crippen molar-refractivity contribution in [2.45, 2.75) is 6.92 Å². The maximum atomic E-state index is 12.1. The minimum absolute atomic E-state index is 0.155. The topological polar surface area (TPSA) is 61.3 Å². The standard InChI is InChI=1S/C19H15BrN2O3/c1-2-24-16-9-5-13(6-10-16)17-11-12-18(22-21-17)25-19(23)14-3-7-15(20)8-4-14/h3-12H,2H2,1H3. The second-order valence-electron chi connectivity index (χ2n) is 5.11. The van der Waals surface area contributed by atoms with E-state index < -0.39 is 5.97 Å². The van der Waals surface area contributed by atoms with Crippen molar-refractivity contribution in [1.82, 2.24) is 10.2 Å². The van der Waals surface area contributed by atoms with E-state index in [-0.39, 0.29) is 5.88 Å². The van der Waals surface area contributed by atoms with Gasteiger partial charge in [0.1, 0.15) is 5.75 Å². The van der Waals surface area contributed by atoms with Gasteiger partial charge < -0.3 is 9.47 Å². The van der Waals surface area contributed by atoms with Gasteiger partial charge in [0.15, 0.2) is 0 Å². The van der Waals surface area contributed by atoms with Gasteiger partial charge >= 0.3 is 5.97 Å². The van der Waals surface area contributed by atoms with Gasteiger partial charge in [0.2, 0.25) is 5.88 Å². The highest BCUT2D eigenvalue weighted by Gasteiger charge is 2.10. The number of carbonyl (C=O) groups is 1. The number of ether oxygens (including phenoxy) is 2. The van der Waals surface area contributed by atoms with Crippen molar-refractivity contribution in [2.24, 2.45) is 0 Å². The number of esters is 1. The molecule has 3 aromatic rings. The average Bonchev–Trinajstić information content (AvgIpc) is 2.64. The zero-order chi connectivity index (χ0) is 17.6. The summed E-state index contributed by atoms with van der Waals surface area (Å²) in [5.41, 5.74) is 2.04. The molecule has 0 saturated heterocycles. The first-order valence-electron chi connectivity index (χ1n) is 7.70. The number of halogens is 1. The van der Waals surface area contributed by atoms with Crippen LogP contribution in [0.15, 0.2) is 65.1 Å². The molecule has 1 aromatic heterocycles. The third-order valence-corrected chi connectivity index (χ3v) is 3.91. The van der Waals surface area contributed by atoms with E-state index in [1.165, 1.54) is 0 Å². The largest absolute Gasteiger partial charge is 0.494 e. The van der Waals surface area contributed by atoms with Crippen LogP contribution in [0.4, 0.5) is 0 Å². The molecule has 0 N–H and O–H groups in total. The highest BCUT2D eigenvalue weighted by atomic mass is 79.9. The molecular weight excluding hydrogens is 384 g/mol. The van der Waals surface area contributed by atoms with Crippen LogP contribution >= 0.6 is 15.9 Å². The first kappa shape index (κ1) is 17.1. The third kappa shape index (κ3) is 4.42. The summed E-state index contributed by atoms with van der Waals surface area (Å²) >= 11 is 3.32. The van der Waals surface area contributed by atoms with Crippen LogP contribution < -0.4 is 9.47 Å². The Hall–Kier alpha value is -2.73. The van der Waals surface area contributed by atoms with E-state index in [0.29, 0.717) is 17.9 Å². The smallest absolute Gasteiger partial charge is 0.344 e. The summed E-state index contributed by atoms with van der Waals surface area (Å²) in [5, 5.41) is 8.07. The zero-order valence-electron chi connectivity index (χ0n) is 13.5. The Balaban J connectivity index is 1.69. The minimum atomic E-state index is -0.476. The number of aromatic nitrogens is 2. The number of hydrogen-bond acceptors (Lipinski definition) is 5. The molecule has 1 heterocycles. The number of hydrogen-bond donors (Lipinski definition) is 0. The third-order valence-electron chi connectivity index (χ3n) is 3.38. The van der Waals surface area contributed by atoms with Gasteiger partial charge in [-0.2, -0.15) is 0 Å². The SMILES string of the molecule is CCOc1ccc(-c2ccc(OC(=O)c3ccc(Br)cc3)nn2)cc1. The molecule has 126 valence electrons. The van der Waals surface area contributed by atoms with Crippen molar-refractivity contribution in [3.8, 4) is 22.9 Å². The van der Waals surface area contributed by atoms with Crippen molar-refractivity contribution in [1.29, 1.82) is 0 Å². The molecule has 0 radical (unpaired) electrons. The second kappa shape index (κ2) is 7.90. The highest BCUT2D eigenvalue weighted by Crippen LogP contribution is 2.21. The Bertz CT molecular complexity index is 847. The lowest BCUT2D eigenvalue weighted by Gasteiger charge is -2.06. The second-order valence-corrected chi connectivity index (χ2v) is 6.03. The summed E-state index contributed by atoms with van der Waals surface area (Å²) in [6.07, 6.45) is 0. The Morgan fingerprint density at radius 1 is 0.960 bits per heavy atom. The van der Waals surface area contributed by atoms with E-state index in [9.17, 15) is 4.79 Å². The molecule has 0 fully saturated rings. The molecule has 5 nitrogen and oxygen atoms in total. The van der Waals surface area contributed by atoms with Crippen LogP contribution in [0.25, 0.3) is 11.3 Å². The monoisotopic (exact) mass is 398 g/mol. The van der Waals surface area contributed by atoms with E-state index in [0.717, 1.165) is 15.8 Å². The van der Waals surface area contributed by atoms with Gasteiger partial charge in [-0.05, 0) is 61.5 Å². The number of nitrogens with zero attached hydrogens (tertiary/aromatic N) is 2. The summed E-state index contributed by atoms with van der Waals surface area (Å²) < 4.78 is 11.5. The molecule has 0 spiro atoms. The number of carbonyl (C=O) groups excluding carboxylic acids is 1. The van der Waals surface area contributed by atoms with Gasteiger partial charge in [0, 0.05) is 16.1 Å². The molecule has 2 aromatic carbocycles. The van der Waals surface area contributed by atoms with Gasteiger partial charge in [-0.25, -0.2) is 4.79 Å². The molecular formula is C19H15BrN2O3. The predicted molar refractivity (Wildman–Crippen MR) is 97.7 cm³/mol. The summed E-state index contributed by atoms with van der Waals surface area (Å²) in [4.78, 5) is 12.1. The summed E-state index contributed by atoms with van der Waals surface area (Å²) in [6.45, 7) is 2.56. The first-order valence-corrected chi connectivity index (χ1v) is 8.49. The van der Waals surface area contributed by atoms with Crippen LogP contribution in [0.1, 0.15) is 17.3 Å². The molecule has 3 rings (SSSR count). The van der Waals surface area contributed by atoms with Crippen LogP contribution in [-0.4, -0.2) is 22.8 Å². The molecule has 0 bridgehead atoms. The molecule has 0 saturated carbocycles. The maximum absolute atomic E-state index is 12.1. The fourth-order valence-electron chi connectivity index (χ4n) is 2.16. The van der Waals surface area contributed by atoms with E-state index in [1.807, 2.05) is 31.2 Å². The van der Waals surface area contributed by atoms with Crippen molar-refractivity contribution in [2.75, 3.05) is 6.61 Å². The van der Waals surface area contributed by atoms with Gasteiger partial charge in [-0.15, -0.1) is 10.2 Å². The fraction of sp³-hybridized carbons (Fsp3) is 0.105. The van der Waals surface area contributed by atoms with E-state index in [1.54, 1.807) is 36.4 Å². The predicted octanol–water partition coefficient (Wildman–Crippen LogP) is 4.52. The Morgan fingerprint density at radius 2 is 1.68 bits per heavy atom. The van der Waals surface area contributed by atoms with Crippen LogP contribution in [0.2, 0.25) is 0 Å². The lowest BCUT2D eigenvalue weighted by molar-refractivity contribution is 0.0726. The minimum Gasteiger partial charge on any atom is -0.494 e. The quantitative estimate of drug-likeness (QED) is 0.591. The van der Waals surface area contributed by atoms with Gasteiger partial charge in [0.25, 0.3) is 0 Å². The molecule has 0 atom stereocenters. The number of benzene rings is 2. The Kier molecular flexibility index (Phi) is 5.40. The van der Waals surface area contributed by atoms with Crippen molar-refractivity contribution < 1.29 is 14.3 Å². The van der Waals surface area contributed by atoms with Crippen LogP contribution in [0.5, 0.6) is 11.6 Å². The molecule has 0 aliphatic heterocycles. The lowest BCUT2D eigenvalue weighted by atomic mass is 10.1. The molecule has 0 unspecified atom stereocenters. The van der Waals surface area contributed by atoms with Gasteiger partial charge in [0.05, 0.1) is 17.9 Å². The van der Waals surface area contributed by atoms with Crippen LogP contribution in [0.3, 0.4) is 0 Å². The summed E-state index contributed by atoms with van der Waals surface area (Å²) in [7, 11) is 0. The Morgan fingerprint density at radius 3 is 2.28 bits per heavy atom. The Labute approximate surface area is 153 Å². The van der Waals surface area contributed by atoms with Gasteiger partial charge in [-0.3, -0.25) is 0 Å². The average molecular weight is 399 g/mol. The highest BCUT2D eigenvalue weighted by molar-refractivity contribution is 9.10. The van der Waals surface area contributed by atoms with Crippen molar-refractivity contribution in [3.05, 3.63) is 70.7 Å². The summed E-state index contributed by atoms with van der Waals surface area (Å²) in [6, 6.07) is 17.8. The molecule has 0 aliphatic carbocycles. The molecule has 0 aliphatic rings. The van der Waals surface area contributed by atoms with E-state index >= 15 is 0 Å². The molecule has 25 heavy (non-hydrogen) atoms. The van der Waals surface area contributed by atoms with Crippen molar-refractivity contribution in [3.63, 3.8) is 0 Å². The normalized spacial score (nSPS) is 10.3. The van der Waals surface area contributed by atoms with Crippen LogP contribution in [0, 0.1) is 0 Å². The van der Waals surface area contributed by atoms with E-state index in [2.05, 4.69) is 26.1 Å². The first-order chi connectivity index (χ1) is 12.2. The van der Waals surface area contributed by atoms with Gasteiger partial charge in [-0.1, -0.05) is 15.9 Å². The maximum Gasteiger partial charge on any atom is 0.344 e. The number of rotatable bonds is 5. The fourth-order valence-corrected chi connectivity index (χ4v) is 2.42. The van der Waals surface area contributed by atoms with Crippen molar-refractivity contribution >= 4 is 21.9 Å². The molecule has 0 amide bonds.